The molecule has 0 spiro atoms. The summed E-state index contributed by atoms with van der Waals surface area (Å²) in [5.41, 5.74) is 4.47. The number of carbonyl (C=O) groups is 2. The molecule has 0 saturated carbocycles. The second kappa shape index (κ2) is 9.14. The SMILES string of the molecule is COc1ccc2[nH]cc(CCN3C(=O)C(=O)C(=C(O)c4ccccc4)[C@H]3c3ccc(C)cc3)c2c1. The fraction of sp³-hybridized carbons (Fsp3) is 0.172. The molecule has 35 heavy (non-hydrogen) atoms. The maximum absolute atomic E-state index is 13.2. The molecule has 1 saturated heterocycles. The van der Waals surface area contributed by atoms with Crippen molar-refractivity contribution < 1.29 is 19.4 Å². The Bertz CT molecular complexity index is 1430. The van der Waals surface area contributed by atoms with Gasteiger partial charge in [0.25, 0.3) is 11.7 Å². The summed E-state index contributed by atoms with van der Waals surface area (Å²) in [7, 11) is 1.63. The minimum Gasteiger partial charge on any atom is -0.507 e. The van der Waals surface area contributed by atoms with E-state index in [0.717, 1.165) is 33.3 Å². The average molecular weight is 467 g/mol. The zero-order chi connectivity index (χ0) is 24.5. The lowest BCUT2D eigenvalue weighted by Crippen LogP contribution is -2.31. The third-order valence-corrected chi connectivity index (χ3v) is 6.58. The molecular weight excluding hydrogens is 440 g/mol. The van der Waals surface area contributed by atoms with Crippen molar-refractivity contribution in [1.29, 1.82) is 0 Å². The van der Waals surface area contributed by atoms with Crippen LogP contribution in [0.5, 0.6) is 5.75 Å². The molecular formula is C29H26N2O4. The number of amides is 1. The molecule has 1 aromatic heterocycles. The molecule has 1 atom stereocenters. The fourth-order valence-electron chi connectivity index (χ4n) is 4.69. The number of likely N-dealkylation sites (tertiary alicyclic amines) is 1. The van der Waals surface area contributed by atoms with Gasteiger partial charge >= 0.3 is 0 Å². The quantitative estimate of drug-likeness (QED) is 0.234. The number of aryl methyl sites for hydroxylation is 1. The Labute approximate surface area is 203 Å². The van der Waals surface area contributed by atoms with Gasteiger partial charge in [-0.25, -0.2) is 0 Å². The van der Waals surface area contributed by atoms with Crippen LogP contribution in [0.25, 0.3) is 16.7 Å². The summed E-state index contributed by atoms with van der Waals surface area (Å²) in [6, 6.07) is 21.7. The van der Waals surface area contributed by atoms with Gasteiger partial charge in [-0.1, -0.05) is 60.2 Å². The number of aromatic amines is 1. The largest absolute Gasteiger partial charge is 0.507 e. The number of fused-ring (bicyclic) bond motifs is 1. The summed E-state index contributed by atoms with van der Waals surface area (Å²) >= 11 is 0. The van der Waals surface area contributed by atoms with E-state index in [1.165, 1.54) is 0 Å². The van der Waals surface area contributed by atoms with Gasteiger partial charge in [-0.3, -0.25) is 9.59 Å². The lowest BCUT2D eigenvalue weighted by Gasteiger charge is -2.25. The first-order valence-corrected chi connectivity index (χ1v) is 11.5. The molecule has 0 radical (unpaired) electrons. The summed E-state index contributed by atoms with van der Waals surface area (Å²) in [5, 5.41) is 12.1. The molecule has 5 rings (SSSR count). The van der Waals surface area contributed by atoms with Gasteiger partial charge in [-0.05, 0) is 42.7 Å². The van der Waals surface area contributed by atoms with Crippen molar-refractivity contribution >= 4 is 28.4 Å². The van der Waals surface area contributed by atoms with Gasteiger partial charge in [0, 0.05) is 29.2 Å². The average Bonchev–Trinajstić information content (AvgIpc) is 3.41. The minimum absolute atomic E-state index is 0.116. The van der Waals surface area contributed by atoms with Gasteiger partial charge in [0.1, 0.15) is 11.5 Å². The van der Waals surface area contributed by atoms with Gasteiger partial charge in [0.05, 0.1) is 18.7 Å². The van der Waals surface area contributed by atoms with Crippen LogP contribution in [0.1, 0.15) is 28.3 Å². The van der Waals surface area contributed by atoms with Crippen molar-refractivity contribution in [3.8, 4) is 5.75 Å². The van der Waals surface area contributed by atoms with Crippen LogP contribution in [0.3, 0.4) is 0 Å². The van der Waals surface area contributed by atoms with Crippen molar-refractivity contribution in [3.63, 3.8) is 0 Å². The molecule has 4 aromatic rings. The molecule has 0 unspecified atom stereocenters. The smallest absolute Gasteiger partial charge is 0.295 e. The lowest BCUT2D eigenvalue weighted by molar-refractivity contribution is -0.139. The number of nitrogens with one attached hydrogen (secondary N) is 1. The van der Waals surface area contributed by atoms with E-state index in [1.54, 1.807) is 36.3 Å². The number of nitrogens with zero attached hydrogens (tertiary/aromatic N) is 1. The standard InChI is InChI=1S/C29H26N2O4/c1-18-8-10-19(11-9-18)26-25(27(32)20-6-4-3-5-7-20)28(33)29(34)31(26)15-14-21-17-30-24-13-12-22(35-2)16-23(21)24/h3-13,16-17,26,30,32H,14-15H2,1-2H3/t26-/m1/s1. The third-order valence-electron chi connectivity index (χ3n) is 6.58. The molecule has 0 bridgehead atoms. The summed E-state index contributed by atoms with van der Waals surface area (Å²) in [5.74, 6) is -0.682. The Morgan fingerprint density at radius 1 is 1.03 bits per heavy atom. The highest BCUT2D eigenvalue weighted by molar-refractivity contribution is 6.46. The van der Waals surface area contributed by atoms with E-state index in [1.807, 2.05) is 61.7 Å². The molecule has 3 aromatic carbocycles. The van der Waals surface area contributed by atoms with E-state index < -0.39 is 17.7 Å². The first-order valence-electron chi connectivity index (χ1n) is 11.5. The van der Waals surface area contributed by atoms with Gasteiger partial charge in [0.15, 0.2) is 0 Å². The van der Waals surface area contributed by atoms with Gasteiger partial charge in [0.2, 0.25) is 0 Å². The second-order valence-corrected chi connectivity index (χ2v) is 8.74. The maximum atomic E-state index is 13.2. The number of ketones is 1. The first-order chi connectivity index (χ1) is 17.0. The van der Waals surface area contributed by atoms with Crippen molar-refractivity contribution in [3.05, 3.63) is 107 Å². The van der Waals surface area contributed by atoms with E-state index in [2.05, 4.69) is 4.98 Å². The van der Waals surface area contributed by atoms with Crippen LogP contribution < -0.4 is 4.74 Å². The summed E-state index contributed by atoms with van der Waals surface area (Å²) in [6.45, 7) is 2.30. The Balaban J connectivity index is 1.55. The van der Waals surface area contributed by atoms with Crippen molar-refractivity contribution in [1.82, 2.24) is 9.88 Å². The van der Waals surface area contributed by atoms with E-state index >= 15 is 0 Å². The number of aliphatic hydroxyl groups is 1. The van der Waals surface area contributed by atoms with Crippen LogP contribution in [0.4, 0.5) is 0 Å². The molecule has 1 amide bonds. The minimum atomic E-state index is -0.671. The number of ether oxygens (including phenoxy) is 1. The lowest BCUT2D eigenvalue weighted by atomic mass is 9.94. The second-order valence-electron chi connectivity index (χ2n) is 8.74. The Morgan fingerprint density at radius 3 is 2.49 bits per heavy atom. The number of H-pyrrole nitrogens is 1. The van der Waals surface area contributed by atoms with Crippen LogP contribution in [0, 0.1) is 6.92 Å². The molecule has 0 aliphatic carbocycles. The number of benzene rings is 3. The number of aliphatic hydroxyl groups excluding tert-OH is 1. The summed E-state index contributed by atoms with van der Waals surface area (Å²) < 4.78 is 5.37. The van der Waals surface area contributed by atoms with Crippen LogP contribution in [0.15, 0.2) is 84.6 Å². The van der Waals surface area contributed by atoms with Crippen LogP contribution in [-0.2, 0) is 16.0 Å². The maximum Gasteiger partial charge on any atom is 0.295 e. The molecule has 1 fully saturated rings. The highest BCUT2D eigenvalue weighted by Gasteiger charge is 2.45. The van der Waals surface area contributed by atoms with E-state index in [0.29, 0.717) is 18.5 Å². The van der Waals surface area contributed by atoms with Crippen LogP contribution in [0.2, 0.25) is 0 Å². The Kier molecular flexibility index (Phi) is 5.87. The third kappa shape index (κ3) is 4.08. The monoisotopic (exact) mass is 466 g/mol. The zero-order valence-electron chi connectivity index (χ0n) is 19.6. The molecule has 1 aliphatic rings. The summed E-state index contributed by atoms with van der Waals surface area (Å²) in [6.07, 6.45) is 2.46. The summed E-state index contributed by atoms with van der Waals surface area (Å²) in [4.78, 5) is 31.3. The molecule has 1 aliphatic heterocycles. The van der Waals surface area contributed by atoms with Crippen molar-refractivity contribution in [2.45, 2.75) is 19.4 Å². The van der Waals surface area contributed by atoms with Crippen molar-refractivity contribution in [2.24, 2.45) is 0 Å². The van der Waals surface area contributed by atoms with Crippen molar-refractivity contribution in [2.75, 3.05) is 13.7 Å². The predicted octanol–water partition coefficient (Wildman–Crippen LogP) is 5.15. The normalized spacial score (nSPS) is 17.3. The number of carbonyl (C=O) groups excluding carboxylic acids is 2. The topological polar surface area (TPSA) is 82.6 Å². The molecule has 176 valence electrons. The molecule has 6 heteroatoms. The Morgan fingerprint density at radius 2 is 1.77 bits per heavy atom. The number of hydrogen-bond donors (Lipinski definition) is 2. The van der Waals surface area contributed by atoms with E-state index in [-0.39, 0.29) is 11.3 Å². The highest BCUT2D eigenvalue weighted by Crippen LogP contribution is 2.39. The van der Waals surface area contributed by atoms with Crippen LogP contribution >= 0.6 is 0 Å². The number of hydrogen-bond acceptors (Lipinski definition) is 4. The Hall–Kier alpha value is -4.32. The number of methoxy groups -OCH3 is 1. The highest BCUT2D eigenvalue weighted by atomic mass is 16.5. The fourth-order valence-corrected chi connectivity index (χ4v) is 4.69. The van der Waals surface area contributed by atoms with E-state index in [4.69, 9.17) is 4.74 Å². The van der Waals surface area contributed by atoms with E-state index in [9.17, 15) is 14.7 Å². The number of aromatic nitrogens is 1. The first kappa shape index (κ1) is 22.5. The zero-order valence-corrected chi connectivity index (χ0v) is 19.6. The molecule has 6 nitrogen and oxygen atoms in total. The number of Topliss-reactive ketones (excluding diaryl/α,β-unsaturated/α-hetero) is 1. The predicted molar refractivity (Wildman–Crippen MR) is 135 cm³/mol. The van der Waals surface area contributed by atoms with Crippen LogP contribution in [-0.4, -0.2) is 40.3 Å². The number of rotatable bonds is 6. The molecule has 2 N–H and O–H groups in total. The van der Waals surface area contributed by atoms with Gasteiger partial charge in [-0.2, -0.15) is 0 Å². The molecule has 2 heterocycles. The van der Waals surface area contributed by atoms with Gasteiger partial charge in [-0.15, -0.1) is 0 Å². The van der Waals surface area contributed by atoms with Gasteiger partial charge < -0.3 is 19.7 Å².